The summed E-state index contributed by atoms with van der Waals surface area (Å²) in [5.74, 6) is -0.107. The van der Waals surface area contributed by atoms with Gasteiger partial charge in [0, 0.05) is 41.3 Å². The Bertz CT molecular complexity index is 1200. The van der Waals surface area contributed by atoms with Gasteiger partial charge in [0.1, 0.15) is 0 Å². The molecule has 2 atom stereocenters. The van der Waals surface area contributed by atoms with Gasteiger partial charge in [0.05, 0.1) is 6.04 Å². The summed E-state index contributed by atoms with van der Waals surface area (Å²) in [5, 5.41) is 9.72. The second-order valence-electron chi connectivity index (χ2n) is 8.90. The molecule has 4 N–H and O–H groups in total. The summed E-state index contributed by atoms with van der Waals surface area (Å²) in [5.41, 5.74) is 7.19. The van der Waals surface area contributed by atoms with E-state index in [-0.39, 0.29) is 23.9 Å². The molecular weight excluding hydrogens is 483 g/mol. The highest BCUT2D eigenvalue weighted by Crippen LogP contribution is 2.24. The van der Waals surface area contributed by atoms with Crippen molar-refractivity contribution >= 4 is 45.8 Å². The normalized spacial score (nSPS) is 18.5. The summed E-state index contributed by atoms with van der Waals surface area (Å²) in [6.45, 7) is 1.90. The number of rotatable bonds is 8. The highest BCUT2D eigenvalue weighted by atomic mass is 35.5. The predicted octanol–water partition coefficient (Wildman–Crippen LogP) is 4.37. The van der Waals surface area contributed by atoms with Gasteiger partial charge in [-0.05, 0) is 66.4 Å². The molecule has 0 bridgehead atoms. The average Bonchev–Trinajstić information content (AvgIpc) is 3.01. The number of nitrogens with zero attached hydrogens (tertiary/aromatic N) is 1. The molecule has 0 saturated carbocycles. The number of nitrogens with two attached hydrogens (primary N) is 1. The number of benzene rings is 3. The SMILES string of the molecule is NCCC[C@@H]1NC(CNC(=O)c2ccc3ccccc3c2)CCN(Cc2ccc(Cl)cc2Cl)C1=O. The van der Waals surface area contributed by atoms with Crippen molar-refractivity contribution in [3.8, 4) is 0 Å². The van der Waals surface area contributed by atoms with E-state index in [0.29, 0.717) is 54.6 Å². The van der Waals surface area contributed by atoms with Gasteiger partial charge in [-0.15, -0.1) is 0 Å². The van der Waals surface area contributed by atoms with E-state index in [9.17, 15) is 9.59 Å². The van der Waals surface area contributed by atoms with Gasteiger partial charge in [-0.3, -0.25) is 9.59 Å². The van der Waals surface area contributed by atoms with Crippen molar-refractivity contribution in [3.63, 3.8) is 0 Å². The van der Waals surface area contributed by atoms with Crippen LogP contribution in [0.4, 0.5) is 0 Å². The Morgan fingerprint density at radius 1 is 1.09 bits per heavy atom. The van der Waals surface area contributed by atoms with E-state index in [2.05, 4.69) is 10.6 Å². The molecule has 0 radical (unpaired) electrons. The number of carbonyl (C=O) groups excluding carboxylic acids is 2. The molecule has 1 aliphatic rings. The Morgan fingerprint density at radius 2 is 1.89 bits per heavy atom. The lowest BCUT2D eigenvalue weighted by Crippen LogP contribution is -2.48. The summed E-state index contributed by atoms with van der Waals surface area (Å²) < 4.78 is 0. The molecule has 6 nitrogen and oxygen atoms in total. The van der Waals surface area contributed by atoms with Gasteiger partial charge in [-0.1, -0.05) is 59.6 Å². The van der Waals surface area contributed by atoms with Crippen molar-refractivity contribution in [2.45, 2.75) is 37.9 Å². The molecule has 4 rings (SSSR count). The lowest BCUT2D eigenvalue weighted by Gasteiger charge is -2.25. The highest BCUT2D eigenvalue weighted by molar-refractivity contribution is 6.35. The monoisotopic (exact) mass is 512 g/mol. The predicted molar refractivity (Wildman–Crippen MR) is 142 cm³/mol. The Hall–Kier alpha value is -2.64. The van der Waals surface area contributed by atoms with Crippen LogP contribution in [0.15, 0.2) is 60.7 Å². The summed E-state index contributed by atoms with van der Waals surface area (Å²) in [4.78, 5) is 28.0. The molecule has 1 unspecified atom stereocenters. The van der Waals surface area contributed by atoms with Crippen LogP contribution in [-0.4, -0.2) is 48.4 Å². The number of hydrogen-bond donors (Lipinski definition) is 3. The van der Waals surface area contributed by atoms with Crippen LogP contribution in [0.2, 0.25) is 10.0 Å². The number of amides is 2. The second kappa shape index (κ2) is 11.9. The molecule has 3 aromatic carbocycles. The standard InChI is InChI=1S/C27H30Cl2N4O2/c28-22-10-9-21(24(29)15-22)17-33-13-11-23(32-25(27(33)35)6-3-12-30)16-31-26(34)20-8-7-18-4-1-2-5-19(18)14-20/h1-2,4-5,7-10,14-15,23,25,32H,3,6,11-13,16-17,30H2,(H,31,34)/t23?,25-/m0/s1. The zero-order valence-corrected chi connectivity index (χ0v) is 21.0. The minimum Gasteiger partial charge on any atom is -0.350 e. The van der Waals surface area contributed by atoms with E-state index in [1.165, 1.54) is 0 Å². The third kappa shape index (κ3) is 6.53. The Kier molecular flexibility index (Phi) is 8.63. The van der Waals surface area contributed by atoms with E-state index in [1.54, 1.807) is 12.1 Å². The van der Waals surface area contributed by atoms with Crippen molar-refractivity contribution in [2.75, 3.05) is 19.6 Å². The molecule has 0 spiro atoms. The van der Waals surface area contributed by atoms with Gasteiger partial charge < -0.3 is 21.3 Å². The first-order chi connectivity index (χ1) is 16.9. The molecule has 0 aromatic heterocycles. The van der Waals surface area contributed by atoms with Crippen molar-refractivity contribution in [2.24, 2.45) is 5.73 Å². The number of carbonyl (C=O) groups is 2. The Balaban J connectivity index is 1.43. The van der Waals surface area contributed by atoms with Gasteiger partial charge >= 0.3 is 0 Å². The van der Waals surface area contributed by atoms with Crippen LogP contribution in [0.3, 0.4) is 0 Å². The van der Waals surface area contributed by atoms with E-state index in [4.69, 9.17) is 28.9 Å². The molecule has 0 aliphatic carbocycles. The second-order valence-corrected chi connectivity index (χ2v) is 9.75. The maximum absolute atomic E-state index is 13.3. The quantitative estimate of drug-likeness (QED) is 0.418. The minimum atomic E-state index is -0.366. The van der Waals surface area contributed by atoms with Gasteiger partial charge in [0.2, 0.25) is 5.91 Å². The van der Waals surface area contributed by atoms with Gasteiger partial charge in [-0.2, -0.15) is 0 Å². The average molecular weight is 513 g/mol. The molecular formula is C27H30Cl2N4O2. The summed E-state index contributed by atoms with van der Waals surface area (Å²) in [6, 6.07) is 18.6. The summed E-state index contributed by atoms with van der Waals surface area (Å²) in [6.07, 6.45) is 2.07. The first-order valence-corrected chi connectivity index (χ1v) is 12.7. The number of fused-ring (bicyclic) bond motifs is 1. The largest absolute Gasteiger partial charge is 0.350 e. The van der Waals surface area contributed by atoms with Gasteiger partial charge in [-0.25, -0.2) is 0 Å². The van der Waals surface area contributed by atoms with Gasteiger partial charge in [0.15, 0.2) is 0 Å². The first-order valence-electron chi connectivity index (χ1n) is 11.9. The van der Waals surface area contributed by atoms with E-state index in [0.717, 1.165) is 22.8 Å². The first kappa shape index (κ1) is 25.5. The molecule has 1 saturated heterocycles. The molecule has 184 valence electrons. The third-order valence-electron chi connectivity index (χ3n) is 6.39. The lowest BCUT2D eigenvalue weighted by atomic mass is 10.1. The fourth-order valence-corrected chi connectivity index (χ4v) is 4.90. The minimum absolute atomic E-state index is 0.0211. The van der Waals surface area contributed by atoms with Crippen molar-refractivity contribution in [3.05, 3.63) is 81.8 Å². The molecule has 2 amide bonds. The zero-order chi connectivity index (χ0) is 24.8. The van der Waals surface area contributed by atoms with Gasteiger partial charge in [0.25, 0.3) is 5.91 Å². The number of hydrogen-bond acceptors (Lipinski definition) is 4. The van der Waals surface area contributed by atoms with Crippen LogP contribution in [0.5, 0.6) is 0 Å². The Labute approximate surface area is 215 Å². The fraction of sp³-hybridized carbons (Fsp3) is 0.333. The summed E-state index contributed by atoms with van der Waals surface area (Å²) >= 11 is 12.4. The van der Waals surface area contributed by atoms with Crippen LogP contribution in [0.25, 0.3) is 10.8 Å². The molecule has 35 heavy (non-hydrogen) atoms. The number of halogens is 2. The third-order valence-corrected chi connectivity index (χ3v) is 6.97. The van der Waals surface area contributed by atoms with Crippen LogP contribution in [0, 0.1) is 0 Å². The van der Waals surface area contributed by atoms with Crippen LogP contribution in [-0.2, 0) is 11.3 Å². The van der Waals surface area contributed by atoms with E-state index < -0.39 is 0 Å². The van der Waals surface area contributed by atoms with Crippen molar-refractivity contribution in [1.82, 2.24) is 15.5 Å². The van der Waals surface area contributed by atoms with Crippen LogP contribution >= 0.6 is 23.2 Å². The maximum Gasteiger partial charge on any atom is 0.251 e. The molecule has 1 heterocycles. The number of nitrogens with one attached hydrogen (secondary N) is 2. The van der Waals surface area contributed by atoms with Crippen LogP contribution < -0.4 is 16.4 Å². The lowest BCUT2D eigenvalue weighted by molar-refractivity contribution is -0.133. The van der Waals surface area contributed by atoms with Crippen LogP contribution in [0.1, 0.15) is 35.2 Å². The topological polar surface area (TPSA) is 87.5 Å². The maximum atomic E-state index is 13.3. The molecule has 3 aromatic rings. The highest BCUT2D eigenvalue weighted by Gasteiger charge is 2.31. The van der Waals surface area contributed by atoms with Crippen molar-refractivity contribution in [1.29, 1.82) is 0 Å². The molecule has 8 heteroatoms. The van der Waals surface area contributed by atoms with E-state index >= 15 is 0 Å². The molecule has 1 aliphatic heterocycles. The van der Waals surface area contributed by atoms with E-state index in [1.807, 2.05) is 53.4 Å². The fourth-order valence-electron chi connectivity index (χ4n) is 4.43. The van der Waals surface area contributed by atoms with Crippen molar-refractivity contribution < 1.29 is 9.59 Å². The Morgan fingerprint density at radius 3 is 2.66 bits per heavy atom. The summed E-state index contributed by atoms with van der Waals surface area (Å²) in [7, 11) is 0. The zero-order valence-electron chi connectivity index (χ0n) is 19.5. The smallest absolute Gasteiger partial charge is 0.251 e. The molecule has 1 fully saturated rings.